The van der Waals surface area contributed by atoms with Crippen molar-refractivity contribution in [3.05, 3.63) is 42.0 Å². The Hall–Kier alpha value is -2.30. The van der Waals surface area contributed by atoms with Gasteiger partial charge in [-0.25, -0.2) is 0 Å². The van der Waals surface area contributed by atoms with E-state index in [2.05, 4.69) is 11.4 Å². The van der Waals surface area contributed by atoms with Crippen LogP contribution < -0.4 is 10.1 Å². The molecule has 0 heterocycles. The number of carboxylic acids is 1. The largest absolute Gasteiger partial charge is 0.496 e. The molecule has 0 aliphatic heterocycles. The molecular formula is C20H23NO4. The van der Waals surface area contributed by atoms with E-state index in [-0.39, 0.29) is 23.2 Å². The number of benzene rings is 1. The van der Waals surface area contributed by atoms with Gasteiger partial charge >= 0.3 is 5.97 Å². The first kappa shape index (κ1) is 16.2. The molecular weight excluding hydrogens is 318 g/mol. The van der Waals surface area contributed by atoms with E-state index >= 15 is 0 Å². The topological polar surface area (TPSA) is 75.6 Å². The van der Waals surface area contributed by atoms with Crippen LogP contribution in [0.3, 0.4) is 0 Å². The van der Waals surface area contributed by atoms with E-state index in [1.54, 1.807) is 7.11 Å². The first-order valence-corrected chi connectivity index (χ1v) is 8.88. The predicted molar refractivity (Wildman–Crippen MR) is 92.3 cm³/mol. The number of carbonyl (C=O) groups is 2. The lowest BCUT2D eigenvalue weighted by Gasteiger charge is -2.26. The van der Waals surface area contributed by atoms with Gasteiger partial charge in [-0.1, -0.05) is 30.4 Å². The van der Waals surface area contributed by atoms with E-state index in [1.807, 2.05) is 30.4 Å². The number of allylic oxidation sites excluding steroid dienone is 2. The van der Waals surface area contributed by atoms with Crippen molar-refractivity contribution < 1.29 is 19.4 Å². The number of aliphatic carboxylic acids is 1. The summed E-state index contributed by atoms with van der Waals surface area (Å²) >= 11 is 0. The molecule has 3 aliphatic carbocycles. The maximum absolute atomic E-state index is 12.8. The van der Waals surface area contributed by atoms with Gasteiger partial charge in [0.15, 0.2) is 0 Å². The number of hydrogen-bond acceptors (Lipinski definition) is 3. The van der Waals surface area contributed by atoms with Gasteiger partial charge in [-0.2, -0.15) is 0 Å². The average Bonchev–Trinajstić information content (AvgIpc) is 3.12. The minimum atomic E-state index is -0.858. The van der Waals surface area contributed by atoms with Gasteiger partial charge in [0.2, 0.25) is 5.91 Å². The van der Waals surface area contributed by atoms with E-state index in [9.17, 15) is 14.7 Å². The summed E-state index contributed by atoms with van der Waals surface area (Å²) in [6.07, 6.45) is 6.78. The smallest absolute Gasteiger partial charge is 0.307 e. The van der Waals surface area contributed by atoms with Gasteiger partial charge in [0.05, 0.1) is 18.9 Å². The van der Waals surface area contributed by atoms with Crippen LogP contribution in [-0.2, 0) is 15.0 Å². The van der Waals surface area contributed by atoms with Crippen molar-refractivity contribution in [3.63, 3.8) is 0 Å². The molecule has 5 nitrogen and oxygen atoms in total. The molecule has 2 N–H and O–H groups in total. The Morgan fingerprint density at radius 2 is 1.88 bits per heavy atom. The molecule has 2 bridgehead atoms. The quantitative estimate of drug-likeness (QED) is 0.779. The fourth-order valence-corrected chi connectivity index (χ4v) is 4.67. The third kappa shape index (κ3) is 2.62. The second kappa shape index (κ2) is 5.90. The molecule has 4 unspecified atom stereocenters. The second-order valence-corrected chi connectivity index (χ2v) is 7.54. The number of nitrogens with one attached hydrogen (secondary N) is 1. The Balaban J connectivity index is 1.47. The monoisotopic (exact) mass is 341 g/mol. The van der Waals surface area contributed by atoms with Crippen LogP contribution in [0.15, 0.2) is 36.4 Å². The van der Waals surface area contributed by atoms with E-state index in [0.29, 0.717) is 6.54 Å². The summed E-state index contributed by atoms with van der Waals surface area (Å²) in [4.78, 5) is 24.4. The van der Waals surface area contributed by atoms with Crippen LogP contribution >= 0.6 is 0 Å². The Morgan fingerprint density at radius 1 is 1.20 bits per heavy atom. The number of carboxylic acid groups (broad SMARTS) is 1. The lowest BCUT2D eigenvalue weighted by atomic mass is 9.82. The van der Waals surface area contributed by atoms with Gasteiger partial charge in [0.25, 0.3) is 0 Å². The minimum Gasteiger partial charge on any atom is -0.496 e. The number of carbonyl (C=O) groups excluding carboxylic acids is 1. The molecule has 1 aromatic rings. The molecule has 4 atom stereocenters. The molecule has 0 saturated heterocycles. The maximum Gasteiger partial charge on any atom is 0.307 e. The van der Waals surface area contributed by atoms with E-state index in [0.717, 1.165) is 30.6 Å². The van der Waals surface area contributed by atoms with Gasteiger partial charge in [-0.3, -0.25) is 9.59 Å². The van der Waals surface area contributed by atoms with Crippen molar-refractivity contribution in [1.29, 1.82) is 0 Å². The SMILES string of the molecule is COc1ccccc1C1(CNC(=O)C2C3C=CC(C3)C2C(=O)O)CC1. The minimum absolute atomic E-state index is 0.00218. The van der Waals surface area contributed by atoms with Crippen LogP contribution in [0.1, 0.15) is 24.8 Å². The zero-order chi connectivity index (χ0) is 17.6. The molecule has 0 aromatic heterocycles. The summed E-state index contributed by atoms with van der Waals surface area (Å²) in [5.74, 6) is -1.10. The normalized spacial score (nSPS) is 30.9. The van der Waals surface area contributed by atoms with Gasteiger partial charge < -0.3 is 15.2 Å². The number of fused-ring (bicyclic) bond motifs is 2. The summed E-state index contributed by atoms with van der Waals surface area (Å²) in [6.45, 7) is 0.538. The molecule has 1 amide bonds. The first-order chi connectivity index (χ1) is 12.1. The van der Waals surface area contributed by atoms with Crippen molar-refractivity contribution in [1.82, 2.24) is 5.32 Å². The van der Waals surface area contributed by atoms with Crippen molar-refractivity contribution in [2.75, 3.05) is 13.7 Å². The molecule has 5 heteroatoms. The number of rotatable bonds is 6. The van der Waals surface area contributed by atoms with Gasteiger partial charge in [0.1, 0.15) is 5.75 Å². The van der Waals surface area contributed by atoms with Gasteiger partial charge in [-0.05, 0) is 37.2 Å². The Bertz CT molecular complexity index is 737. The molecule has 2 fully saturated rings. The zero-order valence-corrected chi connectivity index (χ0v) is 14.3. The highest BCUT2D eigenvalue weighted by Gasteiger charge is 2.52. The second-order valence-electron chi connectivity index (χ2n) is 7.54. The lowest BCUT2D eigenvalue weighted by Crippen LogP contribution is -2.42. The summed E-state index contributed by atoms with van der Waals surface area (Å²) < 4.78 is 5.47. The van der Waals surface area contributed by atoms with E-state index in [4.69, 9.17) is 4.74 Å². The molecule has 132 valence electrons. The van der Waals surface area contributed by atoms with Crippen LogP contribution in [0, 0.1) is 23.7 Å². The average molecular weight is 341 g/mol. The fourth-order valence-electron chi connectivity index (χ4n) is 4.67. The molecule has 0 radical (unpaired) electrons. The predicted octanol–water partition coefficient (Wildman–Crippen LogP) is 2.37. The third-order valence-corrected chi connectivity index (χ3v) is 6.18. The molecule has 2 saturated carbocycles. The van der Waals surface area contributed by atoms with Crippen LogP contribution in [0.4, 0.5) is 0 Å². The van der Waals surface area contributed by atoms with Crippen LogP contribution in [-0.4, -0.2) is 30.6 Å². The van der Waals surface area contributed by atoms with Crippen molar-refractivity contribution >= 4 is 11.9 Å². The third-order valence-electron chi connectivity index (χ3n) is 6.18. The van der Waals surface area contributed by atoms with Crippen LogP contribution in [0.2, 0.25) is 0 Å². The maximum atomic E-state index is 12.8. The van der Waals surface area contributed by atoms with Gasteiger partial charge in [-0.15, -0.1) is 0 Å². The van der Waals surface area contributed by atoms with E-state index in [1.165, 1.54) is 0 Å². The highest BCUT2D eigenvalue weighted by Crippen LogP contribution is 2.51. The number of hydrogen-bond donors (Lipinski definition) is 2. The van der Waals surface area contributed by atoms with Gasteiger partial charge in [0, 0.05) is 17.5 Å². The highest BCUT2D eigenvalue weighted by atomic mass is 16.5. The number of para-hydroxylation sites is 1. The molecule has 0 spiro atoms. The molecule has 1 aromatic carbocycles. The Labute approximate surface area is 147 Å². The molecule has 4 rings (SSSR count). The standard InChI is InChI=1S/C20H23NO4/c1-25-15-5-3-2-4-14(15)20(8-9-20)11-21-18(22)16-12-6-7-13(10-12)17(16)19(23)24/h2-7,12-13,16-17H,8-11H2,1H3,(H,21,22)(H,23,24). The van der Waals surface area contributed by atoms with Crippen molar-refractivity contribution in [3.8, 4) is 5.75 Å². The summed E-state index contributed by atoms with van der Waals surface area (Å²) in [5, 5.41) is 12.6. The number of amides is 1. The van der Waals surface area contributed by atoms with Crippen molar-refractivity contribution in [2.45, 2.75) is 24.7 Å². The van der Waals surface area contributed by atoms with Crippen LogP contribution in [0.5, 0.6) is 5.75 Å². The Kier molecular flexibility index (Phi) is 3.82. The van der Waals surface area contributed by atoms with Crippen molar-refractivity contribution in [2.24, 2.45) is 23.7 Å². The molecule has 25 heavy (non-hydrogen) atoms. The number of methoxy groups -OCH3 is 1. The zero-order valence-electron chi connectivity index (χ0n) is 14.3. The lowest BCUT2D eigenvalue weighted by molar-refractivity contribution is -0.147. The van der Waals surface area contributed by atoms with E-state index < -0.39 is 17.8 Å². The fraction of sp³-hybridized carbons (Fsp3) is 0.500. The summed E-state index contributed by atoms with van der Waals surface area (Å²) in [5.41, 5.74) is 1.05. The number of ether oxygens (including phenoxy) is 1. The van der Waals surface area contributed by atoms with Crippen LogP contribution in [0.25, 0.3) is 0 Å². The Morgan fingerprint density at radius 3 is 2.52 bits per heavy atom. The summed E-state index contributed by atoms with van der Waals surface area (Å²) in [7, 11) is 1.66. The molecule has 3 aliphatic rings. The summed E-state index contributed by atoms with van der Waals surface area (Å²) in [6, 6.07) is 7.92. The first-order valence-electron chi connectivity index (χ1n) is 8.88. The highest BCUT2D eigenvalue weighted by molar-refractivity contribution is 5.87.